The number of fused-ring (bicyclic) bond motifs is 3. The molecule has 0 unspecified atom stereocenters. The van der Waals surface area contributed by atoms with Gasteiger partial charge in [-0.05, 0) is 43.3 Å². The maximum Gasteiger partial charge on any atom is 0.165 e. The van der Waals surface area contributed by atoms with Crippen LogP contribution < -0.4 is 0 Å². The molecule has 0 aliphatic rings. The molecule has 0 amide bonds. The van der Waals surface area contributed by atoms with Gasteiger partial charge in [0.2, 0.25) is 0 Å². The van der Waals surface area contributed by atoms with Gasteiger partial charge in [0, 0.05) is 21.6 Å². The van der Waals surface area contributed by atoms with E-state index in [2.05, 4.69) is 39.1 Å². The van der Waals surface area contributed by atoms with E-state index in [1.807, 2.05) is 66.3 Å². The largest absolute Gasteiger partial charge is 0.247 e. The summed E-state index contributed by atoms with van der Waals surface area (Å²) in [5.41, 5.74) is 5.69. The highest BCUT2D eigenvalue weighted by Gasteiger charge is 2.15. The summed E-state index contributed by atoms with van der Waals surface area (Å²) in [4.78, 5) is 9.64. The molecule has 0 aliphatic carbocycles. The van der Waals surface area contributed by atoms with Gasteiger partial charge in [-0.15, -0.1) is 0 Å². The number of aromatic nitrogens is 4. The van der Waals surface area contributed by atoms with E-state index in [9.17, 15) is 0 Å². The summed E-state index contributed by atoms with van der Waals surface area (Å²) in [5, 5.41) is 6.74. The highest BCUT2D eigenvalue weighted by molar-refractivity contribution is 9.10. The number of hydrogen-bond acceptors (Lipinski definition) is 3. The van der Waals surface area contributed by atoms with Gasteiger partial charge in [0.25, 0.3) is 0 Å². The topological polar surface area (TPSA) is 43.6 Å². The maximum absolute atomic E-state index is 4.96. The van der Waals surface area contributed by atoms with Gasteiger partial charge >= 0.3 is 0 Å². The van der Waals surface area contributed by atoms with E-state index < -0.39 is 0 Å². The van der Waals surface area contributed by atoms with Crippen LogP contribution in [0, 0.1) is 6.92 Å². The van der Waals surface area contributed by atoms with E-state index >= 15 is 0 Å². The smallest absolute Gasteiger partial charge is 0.165 e. The van der Waals surface area contributed by atoms with Gasteiger partial charge < -0.3 is 0 Å². The fraction of sp³-hybridized carbons (Fsp3) is 0.0455. The summed E-state index contributed by atoms with van der Waals surface area (Å²) in [6.07, 6.45) is 1.87. The first-order valence-corrected chi connectivity index (χ1v) is 9.46. The molecule has 0 atom stereocenters. The molecule has 5 rings (SSSR count). The van der Waals surface area contributed by atoms with Crippen LogP contribution in [-0.4, -0.2) is 19.7 Å². The number of hydrogen-bond donors (Lipinski definition) is 0. The Morgan fingerprint density at radius 2 is 1.67 bits per heavy atom. The molecule has 0 N–H and O–H groups in total. The number of aryl methyl sites for hydroxylation is 1. The van der Waals surface area contributed by atoms with Gasteiger partial charge in [0.1, 0.15) is 0 Å². The summed E-state index contributed by atoms with van der Waals surface area (Å²) in [5.74, 6) is 0. The number of nitrogens with zero attached hydrogens (tertiary/aromatic N) is 4. The minimum absolute atomic E-state index is 0.826. The highest BCUT2D eigenvalue weighted by Crippen LogP contribution is 2.29. The molecule has 5 aromatic rings. The Hall–Kier alpha value is -3.05. The Labute approximate surface area is 164 Å². The zero-order valence-electron chi connectivity index (χ0n) is 14.6. The van der Waals surface area contributed by atoms with Crippen molar-refractivity contribution in [3.8, 4) is 16.9 Å². The Morgan fingerprint density at radius 1 is 0.889 bits per heavy atom. The summed E-state index contributed by atoms with van der Waals surface area (Å²) in [6, 6.07) is 22.4. The van der Waals surface area contributed by atoms with Gasteiger partial charge in [-0.25, -0.2) is 14.6 Å². The molecule has 5 heteroatoms. The molecular formula is C22H15BrN4. The van der Waals surface area contributed by atoms with Crippen molar-refractivity contribution >= 4 is 37.9 Å². The van der Waals surface area contributed by atoms with Crippen molar-refractivity contribution in [2.45, 2.75) is 6.92 Å². The zero-order valence-corrected chi connectivity index (χ0v) is 16.2. The third-order valence-electron chi connectivity index (χ3n) is 4.67. The normalized spacial score (nSPS) is 11.3. The highest BCUT2D eigenvalue weighted by atomic mass is 79.9. The second kappa shape index (κ2) is 6.28. The molecule has 0 saturated heterocycles. The Balaban J connectivity index is 1.78. The standard InChI is InChI=1S/C22H15BrN4/c1-14-20-21-16(9-12-19(25-21)15-7-10-17(23)11-8-15)13-24-22(20)27(26-14)18-5-3-2-4-6-18/h2-13H,1H3. The van der Waals surface area contributed by atoms with Gasteiger partial charge in [0.15, 0.2) is 5.65 Å². The molecule has 130 valence electrons. The third-order valence-corrected chi connectivity index (χ3v) is 5.19. The van der Waals surface area contributed by atoms with Crippen LogP contribution in [0.4, 0.5) is 0 Å². The van der Waals surface area contributed by atoms with Crippen LogP contribution in [0.5, 0.6) is 0 Å². The van der Waals surface area contributed by atoms with E-state index in [1.165, 1.54) is 0 Å². The number of benzene rings is 2. The molecule has 27 heavy (non-hydrogen) atoms. The number of para-hydroxylation sites is 1. The van der Waals surface area contributed by atoms with Crippen molar-refractivity contribution in [3.63, 3.8) is 0 Å². The Morgan fingerprint density at radius 3 is 2.44 bits per heavy atom. The lowest BCUT2D eigenvalue weighted by Gasteiger charge is -2.06. The van der Waals surface area contributed by atoms with Crippen LogP contribution in [0.1, 0.15) is 5.69 Å². The van der Waals surface area contributed by atoms with Crippen LogP contribution in [0.25, 0.3) is 38.9 Å². The third kappa shape index (κ3) is 2.71. The van der Waals surface area contributed by atoms with Gasteiger partial charge in [0.05, 0.1) is 28.0 Å². The molecule has 0 spiro atoms. The SMILES string of the molecule is Cc1nn(-c2ccccc2)c2ncc3ccc(-c4ccc(Br)cc4)nc3c12. The van der Waals surface area contributed by atoms with E-state index in [1.54, 1.807) is 0 Å². The number of halogens is 1. The van der Waals surface area contributed by atoms with Crippen LogP contribution >= 0.6 is 15.9 Å². The molecule has 0 saturated carbocycles. The molecule has 4 nitrogen and oxygen atoms in total. The van der Waals surface area contributed by atoms with Crippen LogP contribution in [0.2, 0.25) is 0 Å². The fourth-order valence-electron chi connectivity index (χ4n) is 3.35. The molecule has 0 bridgehead atoms. The van der Waals surface area contributed by atoms with Crippen molar-refractivity contribution < 1.29 is 0 Å². The second-order valence-electron chi connectivity index (χ2n) is 6.43. The first kappa shape index (κ1) is 16.1. The molecular weight excluding hydrogens is 400 g/mol. The van der Waals surface area contributed by atoms with Crippen LogP contribution in [-0.2, 0) is 0 Å². The van der Waals surface area contributed by atoms with Gasteiger partial charge in [-0.1, -0.05) is 46.3 Å². The molecule has 3 aromatic heterocycles. The lowest BCUT2D eigenvalue weighted by Crippen LogP contribution is -1.97. The van der Waals surface area contributed by atoms with Crippen molar-refractivity contribution in [2.24, 2.45) is 0 Å². The lowest BCUT2D eigenvalue weighted by molar-refractivity contribution is 0.878. The summed E-state index contributed by atoms with van der Waals surface area (Å²) in [6.45, 7) is 2.01. The molecule has 2 aromatic carbocycles. The average Bonchev–Trinajstić information content (AvgIpc) is 3.06. The predicted octanol–water partition coefficient (Wildman–Crippen LogP) is 5.71. The molecule has 0 aliphatic heterocycles. The number of rotatable bonds is 2. The molecule has 0 fully saturated rings. The van der Waals surface area contributed by atoms with Gasteiger partial charge in [-0.2, -0.15) is 5.10 Å². The van der Waals surface area contributed by atoms with Crippen LogP contribution in [0.15, 0.2) is 77.4 Å². The van der Waals surface area contributed by atoms with E-state index in [-0.39, 0.29) is 0 Å². The summed E-state index contributed by atoms with van der Waals surface area (Å²) in [7, 11) is 0. The van der Waals surface area contributed by atoms with E-state index in [0.717, 1.165) is 49.0 Å². The number of pyridine rings is 2. The molecule has 3 heterocycles. The Bertz CT molecular complexity index is 1270. The first-order valence-electron chi connectivity index (χ1n) is 8.67. The second-order valence-corrected chi connectivity index (χ2v) is 7.35. The van der Waals surface area contributed by atoms with Crippen molar-refractivity contribution in [2.75, 3.05) is 0 Å². The van der Waals surface area contributed by atoms with E-state index in [0.29, 0.717) is 0 Å². The summed E-state index contributed by atoms with van der Waals surface area (Å²) < 4.78 is 2.94. The predicted molar refractivity (Wildman–Crippen MR) is 112 cm³/mol. The zero-order chi connectivity index (χ0) is 18.4. The quantitative estimate of drug-likeness (QED) is 0.371. The van der Waals surface area contributed by atoms with Gasteiger partial charge in [-0.3, -0.25) is 0 Å². The van der Waals surface area contributed by atoms with Crippen molar-refractivity contribution in [1.82, 2.24) is 19.7 Å². The summed E-state index contributed by atoms with van der Waals surface area (Å²) >= 11 is 3.49. The Kier molecular flexibility index (Phi) is 3.76. The minimum Gasteiger partial charge on any atom is -0.247 e. The van der Waals surface area contributed by atoms with Crippen LogP contribution in [0.3, 0.4) is 0 Å². The van der Waals surface area contributed by atoms with E-state index in [4.69, 9.17) is 10.1 Å². The lowest BCUT2D eigenvalue weighted by atomic mass is 10.1. The average molecular weight is 415 g/mol. The molecule has 0 radical (unpaired) electrons. The monoisotopic (exact) mass is 414 g/mol. The maximum atomic E-state index is 4.96. The fourth-order valence-corrected chi connectivity index (χ4v) is 3.61. The van der Waals surface area contributed by atoms with Crippen molar-refractivity contribution in [1.29, 1.82) is 0 Å². The first-order chi connectivity index (χ1) is 13.2. The van der Waals surface area contributed by atoms with Crippen molar-refractivity contribution in [3.05, 3.63) is 83.1 Å². The minimum atomic E-state index is 0.826.